The molecule has 0 N–H and O–H groups in total. The van der Waals surface area contributed by atoms with E-state index in [4.69, 9.17) is 0 Å². The van der Waals surface area contributed by atoms with E-state index in [2.05, 4.69) is 35.3 Å². The molecular weight excluding hydrogens is 268 g/mol. The van der Waals surface area contributed by atoms with Crippen LogP contribution in [0.1, 0.15) is 24.7 Å². The fourth-order valence-electron chi connectivity index (χ4n) is 2.71. The van der Waals surface area contributed by atoms with Crippen molar-refractivity contribution in [2.75, 3.05) is 31.1 Å². The normalized spacial score (nSPS) is 19.9. The zero-order chi connectivity index (χ0) is 14.1. The first-order valence-corrected chi connectivity index (χ1v) is 7.40. The molecule has 0 bridgehead atoms. The van der Waals surface area contributed by atoms with Crippen LogP contribution in [0, 0.1) is 0 Å². The summed E-state index contributed by atoms with van der Waals surface area (Å²) in [6, 6.07) is 0.538. The topological polar surface area (TPSA) is 75.9 Å². The van der Waals surface area contributed by atoms with Gasteiger partial charge in [-0.05, 0) is 23.3 Å². The Bertz CT molecular complexity index is 585. The second kappa shape index (κ2) is 5.36. The molecule has 0 unspecified atom stereocenters. The van der Waals surface area contributed by atoms with Crippen LogP contribution in [0.25, 0.3) is 0 Å². The number of rotatable bonds is 4. The van der Waals surface area contributed by atoms with Gasteiger partial charge in [0.05, 0.1) is 18.8 Å². The van der Waals surface area contributed by atoms with E-state index in [1.54, 1.807) is 12.4 Å². The number of tetrazole rings is 1. The van der Waals surface area contributed by atoms with Gasteiger partial charge in [0.15, 0.2) is 5.82 Å². The molecular formula is C13H18N8. The molecule has 1 aliphatic heterocycles. The molecule has 2 aromatic heterocycles. The summed E-state index contributed by atoms with van der Waals surface area (Å²) in [6.45, 7) is 4.74. The fraction of sp³-hybridized carbons (Fsp3) is 0.615. The lowest BCUT2D eigenvalue weighted by Gasteiger charge is -2.34. The summed E-state index contributed by atoms with van der Waals surface area (Å²) in [7, 11) is 0. The lowest BCUT2D eigenvalue weighted by Crippen LogP contribution is -2.46. The molecule has 3 heterocycles. The largest absolute Gasteiger partial charge is 0.353 e. The van der Waals surface area contributed by atoms with Crippen LogP contribution in [-0.2, 0) is 6.54 Å². The highest BCUT2D eigenvalue weighted by Crippen LogP contribution is 2.34. The van der Waals surface area contributed by atoms with Crippen LogP contribution < -0.4 is 4.90 Å². The van der Waals surface area contributed by atoms with Crippen molar-refractivity contribution in [1.82, 2.24) is 35.1 Å². The van der Waals surface area contributed by atoms with E-state index in [0.717, 1.165) is 44.4 Å². The molecule has 1 saturated carbocycles. The quantitative estimate of drug-likeness (QED) is 0.790. The Morgan fingerprint density at radius 1 is 1.10 bits per heavy atom. The Kier molecular flexibility index (Phi) is 3.23. The van der Waals surface area contributed by atoms with E-state index < -0.39 is 0 Å². The first-order valence-electron chi connectivity index (χ1n) is 7.40. The Morgan fingerprint density at radius 3 is 2.67 bits per heavy atom. The number of piperazine rings is 1. The predicted octanol–water partition coefficient (Wildman–Crippen LogP) is 0.120. The van der Waals surface area contributed by atoms with Gasteiger partial charge in [-0.1, -0.05) is 0 Å². The predicted molar refractivity (Wildman–Crippen MR) is 75.6 cm³/mol. The molecule has 1 aliphatic carbocycles. The van der Waals surface area contributed by atoms with Crippen molar-refractivity contribution in [2.24, 2.45) is 0 Å². The third-order valence-electron chi connectivity index (χ3n) is 4.06. The SMILES string of the molecule is c1cnc(N2CCN(Cc3nnnn3C3CC3)CC2)cn1. The van der Waals surface area contributed by atoms with E-state index in [1.807, 2.05) is 10.9 Å². The fourth-order valence-corrected chi connectivity index (χ4v) is 2.71. The van der Waals surface area contributed by atoms with Gasteiger partial charge < -0.3 is 4.90 Å². The van der Waals surface area contributed by atoms with Gasteiger partial charge in [0, 0.05) is 38.6 Å². The third-order valence-corrected chi connectivity index (χ3v) is 4.06. The maximum Gasteiger partial charge on any atom is 0.165 e. The molecule has 2 aliphatic rings. The van der Waals surface area contributed by atoms with Crippen molar-refractivity contribution in [3.8, 4) is 0 Å². The van der Waals surface area contributed by atoms with Crippen LogP contribution in [0.3, 0.4) is 0 Å². The first kappa shape index (κ1) is 12.6. The Labute approximate surface area is 122 Å². The van der Waals surface area contributed by atoms with Crippen molar-refractivity contribution < 1.29 is 0 Å². The van der Waals surface area contributed by atoms with E-state index >= 15 is 0 Å². The van der Waals surface area contributed by atoms with Crippen LogP contribution in [0.4, 0.5) is 5.82 Å². The summed E-state index contributed by atoms with van der Waals surface area (Å²) in [6.07, 6.45) is 7.68. The molecule has 8 heteroatoms. The van der Waals surface area contributed by atoms with Gasteiger partial charge in [-0.25, -0.2) is 9.67 Å². The minimum atomic E-state index is 0.538. The van der Waals surface area contributed by atoms with Crippen LogP contribution in [0.5, 0.6) is 0 Å². The Hall–Kier alpha value is -2.09. The lowest BCUT2D eigenvalue weighted by molar-refractivity contribution is 0.238. The highest BCUT2D eigenvalue weighted by atomic mass is 15.6. The van der Waals surface area contributed by atoms with Crippen molar-refractivity contribution >= 4 is 5.82 Å². The standard InChI is InChI=1S/C13H18N8/c1-2-11(1)21-13(16-17-18-21)10-19-5-7-20(8-6-19)12-9-14-3-4-15-12/h3-4,9,11H,1-2,5-8,10H2. The summed E-state index contributed by atoms with van der Waals surface area (Å²) >= 11 is 0. The number of nitrogens with zero attached hydrogens (tertiary/aromatic N) is 8. The second-order valence-electron chi connectivity index (χ2n) is 5.60. The van der Waals surface area contributed by atoms with Gasteiger partial charge >= 0.3 is 0 Å². The number of hydrogen-bond donors (Lipinski definition) is 0. The molecule has 0 aromatic carbocycles. The molecule has 1 saturated heterocycles. The van der Waals surface area contributed by atoms with Gasteiger partial charge in [-0.3, -0.25) is 9.88 Å². The maximum absolute atomic E-state index is 4.36. The molecule has 110 valence electrons. The Morgan fingerprint density at radius 2 is 1.95 bits per heavy atom. The molecule has 0 radical (unpaired) electrons. The van der Waals surface area contributed by atoms with E-state index in [0.29, 0.717) is 6.04 Å². The summed E-state index contributed by atoms with van der Waals surface area (Å²) in [4.78, 5) is 13.2. The van der Waals surface area contributed by atoms with Crippen LogP contribution >= 0.6 is 0 Å². The van der Waals surface area contributed by atoms with E-state index in [1.165, 1.54) is 12.8 Å². The lowest BCUT2D eigenvalue weighted by atomic mass is 10.3. The summed E-state index contributed by atoms with van der Waals surface area (Å²) in [5, 5.41) is 12.1. The number of aromatic nitrogens is 6. The molecule has 8 nitrogen and oxygen atoms in total. The van der Waals surface area contributed by atoms with E-state index in [-0.39, 0.29) is 0 Å². The highest BCUT2D eigenvalue weighted by Gasteiger charge is 2.28. The third kappa shape index (κ3) is 2.71. The average Bonchev–Trinajstić information content (AvgIpc) is 3.29. The molecule has 0 spiro atoms. The van der Waals surface area contributed by atoms with E-state index in [9.17, 15) is 0 Å². The summed E-state index contributed by atoms with van der Waals surface area (Å²) < 4.78 is 2.00. The van der Waals surface area contributed by atoms with Gasteiger partial charge in [-0.15, -0.1) is 5.10 Å². The van der Waals surface area contributed by atoms with Gasteiger partial charge in [0.1, 0.15) is 5.82 Å². The average molecular weight is 286 g/mol. The van der Waals surface area contributed by atoms with Crippen LogP contribution in [-0.4, -0.2) is 61.3 Å². The molecule has 0 atom stereocenters. The minimum absolute atomic E-state index is 0.538. The molecule has 0 amide bonds. The Balaban J connectivity index is 1.36. The van der Waals surface area contributed by atoms with Crippen molar-refractivity contribution in [3.63, 3.8) is 0 Å². The number of hydrogen-bond acceptors (Lipinski definition) is 7. The van der Waals surface area contributed by atoms with Crippen molar-refractivity contribution in [1.29, 1.82) is 0 Å². The van der Waals surface area contributed by atoms with Gasteiger partial charge in [0.25, 0.3) is 0 Å². The van der Waals surface area contributed by atoms with Crippen molar-refractivity contribution in [2.45, 2.75) is 25.4 Å². The van der Waals surface area contributed by atoms with Crippen LogP contribution in [0.15, 0.2) is 18.6 Å². The maximum atomic E-state index is 4.36. The molecule has 21 heavy (non-hydrogen) atoms. The number of anilines is 1. The van der Waals surface area contributed by atoms with Gasteiger partial charge in [0.2, 0.25) is 0 Å². The minimum Gasteiger partial charge on any atom is -0.353 e. The molecule has 4 rings (SSSR count). The zero-order valence-electron chi connectivity index (χ0n) is 11.8. The first-order chi connectivity index (χ1) is 10.4. The molecule has 2 fully saturated rings. The van der Waals surface area contributed by atoms with Gasteiger partial charge in [-0.2, -0.15) is 0 Å². The second-order valence-corrected chi connectivity index (χ2v) is 5.60. The van der Waals surface area contributed by atoms with Crippen molar-refractivity contribution in [3.05, 3.63) is 24.4 Å². The summed E-state index contributed by atoms with van der Waals surface area (Å²) in [5.41, 5.74) is 0. The molecule has 2 aromatic rings. The zero-order valence-corrected chi connectivity index (χ0v) is 11.8. The van der Waals surface area contributed by atoms with Crippen LogP contribution in [0.2, 0.25) is 0 Å². The smallest absolute Gasteiger partial charge is 0.165 e. The summed E-state index contributed by atoms with van der Waals surface area (Å²) in [5.74, 6) is 1.95. The monoisotopic (exact) mass is 286 g/mol. The highest BCUT2D eigenvalue weighted by molar-refractivity contribution is 5.35.